The van der Waals surface area contributed by atoms with E-state index in [-0.39, 0.29) is 16.7 Å². The molecule has 1 aliphatic heterocycles. The molecule has 1 aliphatic carbocycles. The van der Waals surface area contributed by atoms with Crippen LogP contribution in [0, 0.1) is 0 Å². The van der Waals surface area contributed by atoms with Crippen LogP contribution >= 0.6 is 23.1 Å². The molecule has 0 saturated carbocycles. The maximum Gasteiger partial charge on any atom is 0.259 e. The van der Waals surface area contributed by atoms with Gasteiger partial charge in [0.25, 0.3) is 5.56 Å². The number of fused-ring (bicyclic) bond motifs is 3. The second-order valence-corrected chi connectivity index (χ2v) is 10.9. The fraction of sp³-hybridized carbons (Fsp3) is 0.458. The van der Waals surface area contributed by atoms with E-state index in [1.165, 1.54) is 22.5 Å². The van der Waals surface area contributed by atoms with E-state index in [0.29, 0.717) is 11.6 Å². The fourth-order valence-corrected chi connectivity index (χ4v) is 6.75. The van der Waals surface area contributed by atoms with Crippen LogP contribution in [-0.4, -0.2) is 52.2 Å². The molecule has 0 bridgehead atoms. The highest BCUT2D eigenvalue weighted by molar-refractivity contribution is 7.99. The predicted molar refractivity (Wildman–Crippen MR) is 133 cm³/mol. The Hall–Kier alpha value is -2.32. The lowest BCUT2D eigenvalue weighted by Gasteiger charge is -2.37. The summed E-state index contributed by atoms with van der Waals surface area (Å²) < 4.78 is 0. The van der Waals surface area contributed by atoms with Gasteiger partial charge in [-0.2, -0.15) is 0 Å². The molecule has 1 N–H and O–H groups in total. The van der Waals surface area contributed by atoms with Gasteiger partial charge in [-0.15, -0.1) is 23.1 Å². The molecule has 1 saturated heterocycles. The lowest BCUT2D eigenvalue weighted by molar-refractivity contribution is -0.130. The number of thiophene rings is 1. The summed E-state index contributed by atoms with van der Waals surface area (Å²) >= 11 is 3.22. The van der Waals surface area contributed by atoms with Crippen molar-refractivity contribution in [3.63, 3.8) is 0 Å². The quantitative estimate of drug-likeness (QED) is 0.616. The van der Waals surface area contributed by atoms with Gasteiger partial charge >= 0.3 is 0 Å². The number of rotatable bonds is 5. The van der Waals surface area contributed by atoms with Crippen molar-refractivity contribution in [2.75, 3.05) is 31.1 Å². The van der Waals surface area contributed by atoms with Gasteiger partial charge in [-0.1, -0.05) is 18.2 Å². The van der Waals surface area contributed by atoms with Crippen LogP contribution in [0.25, 0.3) is 10.2 Å². The second kappa shape index (κ2) is 9.27. The highest BCUT2D eigenvalue weighted by Crippen LogP contribution is 2.33. The Labute approximate surface area is 196 Å². The summed E-state index contributed by atoms with van der Waals surface area (Å²) in [4.78, 5) is 39.9. The minimum atomic E-state index is -0.171. The Balaban J connectivity index is 1.19. The summed E-state index contributed by atoms with van der Waals surface area (Å²) in [6, 6.07) is 10.4. The molecule has 1 aromatic carbocycles. The number of benzene rings is 1. The number of hydrogen-bond acceptors (Lipinski definition) is 6. The molecule has 6 nitrogen and oxygen atoms in total. The standard InChI is InChI=1S/C24H28N4O2S2/c1-16(24(30)28-13-11-27(12-14-28)17-7-3-2-4-8-17)31-15-20-25-22(29)21-18-9-5-6-10-19(18)32-23(21)26-20/h2-4,7-8,16H,5-6,9-15H2,1H3,(H,25,26,29). The predicted octanol–water partition coefficient (Wildman–Crippen LogP) is 3.83. The Morgan fingerprint density at radius 1 is 1.16 bits per heavy atom. The number of aromatic amines is 1. The molecule has 2 aliphatic rings. The number of aryl methyl sites for hydroxylation is 2. The first-order chi connectivity index (χ1) is 15.6. The van der Waals surface area contributed by atoms with Gasteiger partial charge in [-0.3, -0.25) is 9.59 Å². The lowest BCUT2D eigenvalue weighted by Crippen LogP contribution is -2.50. The van der Waals surface area contributed by atoms with E-state index in [1.807, 2.05) is 30.0 Å². The lowest BCUT2D eigenvalue weighted by atomic mass is 9.97. The summed E-state index contributed by atoms with van der Waals surface area (Å²) in [5.74, 6) is 1.36. The average Bonchev–Trinajstić information content (AvgIpc) is 3.21. The fourth-order valence-electron chi connectivity index (χ4n) is 4.63. The van der Waals surface area contributed by atoms with Crippen LogP contribution in [0.5, 0.6) is 0 Å². The van der Waals surface area contributed by atoms with Crippen LogP contribution in [0.3, 0.4) is 0 Å². The normalized spacial score (nSPS) is 17.4. The largest absolute Gasteiger partial charge is 0.368 e. The second-order valence-electron chi connectivity index (χ2n) is 8.50. The summed E-state index contributed by atoms with van der Waals surface area (Å²) in [7, 11) is 0. The minimum Gasteiger partial charge on any atom is -0.368 e. The summed E-state index contributed by atoms with van der Waals surface area (Å²) in [6.07, 6.45) is 4.38. The number of hydrogen-bond donors (Lipinski definition) is 1. The summed E-state index contributed by atoms with van der Waals surface area (Å²) in [5, 5.41) is 0.620. The van der Waals surface area contributed by atoms with Crippen molar-refractivity contribution >= 4 is 44.9 Å². The number of H-pyrrole nitrogens is 1. The molecule has 168 valence electrons. The molecular formula is C24H28N4O2S2. The zero-order valence-corrected chi connectivity index (χ0v) is 19.9. The van der Waals surface area contributed by atoms with Crippen LogP contribution in [0.2, 0.25) is 0 Å². The van der Waals surface area contributed by atoms with Crippen molar-refractivity contribution in [2.24, 2.45) is 0 Å². The van der Waals surface area contributed by atoms with Crippen molar-refractivity contribution in [3.05, 3.63) is 57.0 Å². The smallest absolute Gasteiger partial charge is 0.259 e. The molecule has 5 rings (SSSR count). The minimum absolute atomic E-state index is 0.0268. The van der Waals surface area contributed by atoms with Crippen molar-refractivity contribution in [3.8, 4) is 0 Å². The van der Waals surface area contributed by atoms with Crippen LogP contribution in [0.15, 0.2) is 35.1 Å². The molecule has 1 atom stereocenters. The third kappa shape index (κ3) is 4.30. The zero-order valence-electron chi connectivity index (χ0n) is 18.3. The topological polar surface area (TPSA) is 69.3 Å². The van der Waals surface area contributed by atoms with Crippen LogP contribution in [0.1, 0.15) is 36.0 Å². The number of piperazine rings is 1. The van der Waals surface area contributed by atoms with Crippen molar-refractivity contribution in [1.82, 2.24) is 14.9 Å². The van der Waals surface area contributed by atoms with Crippen molar-refractivity contribution < 1.29 is 4.79 Å². The number of thioether (sulfide) groups is 1. The first kappa shape index (κ1) is 21.5. The van der Waals surface area contributed by atoms with Gasteiger partial charge in [0.15, 0.2) is 0 Å². The van der Waals surface area contributed by atoms with Gasteiger partial charge in [-0.25, -0.2) is 4.98 Å². The average molecular weight is 469 g/mol. The summed E-state index contributed by atoms with van der Waals surface area (Å²) in [5.41, 5.74) is 2.39. The molecule has 1 unspecified atom stereocenters. The molecule has 0 spiro atoms. The highest BCUT2D eigenvalue weighted by atomic mass is 32.2. The van der Waals surface area contributed by atoms with E-state index in [2.05, 4.69) is 22.0 Å². The van der Waals surface area contributed by atoms with Crippen LogP contribution < -0.4 is 10.5 Å². The van der Waals surface area contributed by atoms with Crippen molar-refractivity contribution in [2.45, 2.75) is 43.6 Å². The number of carbonyl (C=O) groups excluding carboxylic acids is 1. The van der Waals surface area contributed by atoms with E-state index in [1.54, 1.807) is 23.1 Å². The van der Waals surface area contributed by atoms with Gasteiger partial charge in [0, 0.05) is 36.7 Å². The third-order valence-corrected chi connectivity index (χ3v) is 8.73. The Morgan fingerprint density at radius 3 is 2.69 bits per heavy atom. The molecule has 32 heavy (non-hydrogen) atoms. The SMILES string of the molecule is CC(SCc1nc2sc3c(c2c(=O)[nH]1)CCCC3)C(=O)N1CCN(c2ccccc2)CC1. The maximum absolute atomic E-state index is 13.0. The van der Waals surface area contributed by atoms with Gasteiger partial charge in [-0.05, 0) is 50.3 Å². The summed E-state index contributed by atoms with van der Waals surface area (Å²) in [6.45, 7) is 5.13. The van der Waals surface area contributed by atoms with Gasteiger partial charge < -0.3 is 14.8 Å². The van der Waals surface area contributed by atoms with Gasteiger partial charge in [0.2, 0.25) is 5.91 Å². The Bertz CT molecular complexity index is 1170. The molecule has 0 radical (unpaired) electrons. The monoisotopic (exact) mass is 468 g/mol. The third-order valence-electron chi connectivity index (χ3n) is 6.40. The number of carbonyl (C=O) groups is 1. The van der Waals surface area contributed by atoms with Gasteiger partial charge in [0.05, 0.1) is 16.4 Å². The Kier molecular flexibility index (Phi) is 6.24. The van der Waals surface area contributed by atoms with E-state index in [9.17, 15) is 9.59 Å². The number of anilines is 1. The first-order valence-electron chi connectivity index (χ1n) is 11.3. The molecule has 2 aromatic heterocycles. The maximum atomic E-state index is 13.0. The van der Waals surface area contributed by atoms with Gasteiger partial charge in [0.1, 0.15) is 10.7 Å². The van der Waals surface area contributed by atoms with Crippen LogP contribution in [-0.2, 0) is 23.4 Å². The Morgan fingerprint density at radius 2 is 1.91 bits per heavy atom. The highest BCUT2D eigenvalue weighted by Gasteiger charge is 2.26. The number of para-hydroxylation sites is 1. The molecule has 3 heterocycles. The van der Waals surface area contributed by atoms with E-state index < -0.39 is 0 Å². The molecular weight excluding hydrogens is 440 g/mol. The number of amides is 1. The first-order valence-corrected chi connectivity index (χ1v) is 13.2. The van der Waals surface area contributed by atoms with E-state index in [4.69, 9.17) is 4.98 Å². The number of nitrogens with zero attached hydrogens (tertiary/aromatic N) is 3. The molecule has 8 heteroatoms. The number of aromatic nitrogens is 2. The molecule has 1 amide bonds. The number of nitrogens with one attached hydrogen (secondary N) is 1. The zero-order chi connectivity index (χ0) is 22.1. The van der Waals surface area contributed by atoms with E-state index in [0.717, 1.165) is 55.7 Å². The molecule has 1 fully saturated rings. The van der Waals surface area contributed by atoms with Crippen molar-refractivity contribution in [1.29, 1.82) is 0 Å². The van der Waals surface area contributed by atoms with E-state index >= 15 is 0 Å². The van der Waals surface area contributed by atoms with Crippen LogP contribution in [0.4, 0.5) is 5.69 Å². The molecule has 3 aromatic rings.